The Morgan fingerprint density at radius 3 is 2.17 bits per heavy atom. The number of nitro benzene ring substituents is 1. The van der Waals surface area contributed by atoms with Gasteiger partial charge in [0.1, 0.15) is 0 Å². The Bertz CT molecular complexity index is 426. The molecule has 0 atom stereocenters. The van der Waals surface area contributed by atoms with Gasteiger partial charge in [0.15, 0.2) is 6.54 Å². The number of nitro groups is 1. The van der Waals surface area contributed by atoms with Crippen molar-refractivity contribution in [3.05, 3.63) is 34.4 Å². The third kappa shape index (κ3) is 5.60. The molecule has 0 heterocycles. The Balaban J connectivity index is 0.00000289. The normalized spacial score (nSPS) is 10.4. The second-order valence-electron chi connectivity index (χ2n) is 4.80. The second kappa shape index (κ2) is 6.32. The highest BCUT2D eigenvalue weighted by Gasteiger charge is 2.14. The molecule has 0 aromatic heterocycles. The summed E-state index contributed by atoms with van der Waals surface area (Å²) in [5, 5.41) is 13.1. The minimum atomic E-state index is -0.475. The summed E-state index contributed by atoms with van der Waals surface area (Å²) >= 11 is 0. The topological polar surface area (TPSA) is 72.2 Å². The summed E-state index contributed by atoms with van der Waals surface area (Å²) in [5.41, 5.74) is 0.573. The minimum Gasteiger partial charge on any atom is -1.00 e. The molecular weight excluding hydrogens is 258 g/mol. The maximum atomic E-state index is 11.6. The quantitative estimate of drug-likeness (QED) is 0.401. The van der Waals surface area contributed by atoms with Gasteiger partial charge < -0.3 is 22.2 Å². The van der Waals surface area contributed by atoms with Crippen LogP contribution in [0.1, 0.15) is 0 Å². The van der Waals surface area contributed by atoms with Crippen molar-refractivity contribution in [2.45, 2.75) is 0 Å². The number of rotatable bonds is 4. The summed E-state index contributed by atoms with van der Waals surface area (Å²) in [7, 11) is 5.74. The van der Waals surface area contributed by atoms with E-state index in [4.69, 9.17) is 0 Å². The van der Waals surface area contributed by atoms with Gasteiger partial charge in [0.05, 0.1) is 26.1 Å². The van der Waals surface area contributed by atoms with Crippen LogP contribution in [0.15, 0.2) is 24.3 Å². The maximum absolute atomic E-state index is 11.6. The van der Waals surface area contributed by atoms with Gasteiger partial charge in [-0.1, -0.05) is 0 Å². The van der Waals surface area contributed by atoms with Gasteiger partial charge in [-0.2, -0.15) is 0 Å². The van der Waals surface area contributed by atoms with Crippen molar-refractivity contribution in [3.8, 4) is 0 Å². The first kappa shape index (κ1) is 16.3. The number of carbonyl (C=O) groups excluding carboxylic acids is 1. The van der Waals surface area contributed by atoms with Gasteiger partial charge in [0.25, 0.3) is 11.6 Å². The van der Waals surface area contributed by atoms with Gasteiger partial charge in [-0.05, 0) is 12.1 Å². The van der Waals surface area contributed by atoms with Gasteiger partial charge >= 0.3 is 0 Å². The first-order chi connectivity index (χ1) is 7.78. The van der Waals surface area contributed by atoms with Crippen molar-refractivity contribution >= 4 is 17.3 Å². The van der Waals surface area contributed by atoms with Crippen LogP contribution in [-0.2, 0) is 4.79 Å². The highest BCUT2D eigenvalue weighted by atomic mass is 35.5. The molecule has 0 bridgehead atoms. The Kier molecular flexibility index (Phi) is 5.74. The Labute approximate surface area is 112 Å². The van der Waals surface area contributed by atoms with E-state index >= 15 is 0 Å². The fourth-order valence-corrected chi connectivity index (χ4v) is 1.30. The van der Waals surface area contributed by atoms with Gasteiger partial charge in [-0.3, -0.25) is 14.9 Å². The molecule has 1 rings (SSSR count). The third-order valence-electron chi connectivity index (χ3n) is 1.98. The highest BCUT2D eigenvalue weighted by molar-refractivity contribution is 5.91. The summed E-state index contributed by atoms with van der Waals surface area (Å²) < 4.78 is 0.527. The number of hydrogen-bond acceptors (Lipinski definition) is 3. The standard InChI is InChI=1S/C11H15N3O3.ClH/c1-14(2,3)8-11(15)12-9-4-6-10(7-5-9)13(16)17;/h4-7H,8H2,1-3H3;1H. The number of carbonyl (C=O) groups is 1. The number of quaternary nitrogens is 1. The largest absolute Gasteiger partial charge is 1.00 e. The molecular formula is C11H16ClN3O3. The molecule has 0 spiro atoms. The number of hydrogen-bond donors (Lipinski definition) is 1. The van der Waals surface area contributed by atoms with E-state index in [-0.39, 0.29) is 24.0 Å². The zero-order valence-electron chi connectivity index (χ0n) is 10.5. The molecule has 1 N–H and O–H groups in total. The van der Waals surface area contributed by atoms with Crippen molar-refractivity contribution < 1.29 is 26.6 Å². The number of likely N-dealkylation sites (N-methyl/N-ethyl adjacent to an activating group) is 1. The van der Waals surface area contributed by atoms with Crippen LogP contribution in [0.25, 0.3) is 0 Å². The highest BCUT2D eigenvalue weighted by Crippen LogP contribution is 2.15. The van der Waals surface area contributed by atoms with Crippen molar-refractivity contribution in [1.82, 2.24) is 0 Å². The molecule has 0 saturated carbocycles. The smallest absolute Gasteiger partial charge is 0.279 e. The summed E-state index contributed by atoms with van der Waals surface area (Å²) in [6.45, 7) is 0.344. The minimum absolute atomic E-state index is 0. The average Bonchev–Trinajstić information content (AvgIpc) is 2.15. The van der Waals surface area contributed by atoms with Gasteiger partial charge in [-0.15, -0.1) is 0 Å². The molecule has 0 unspecified atom stereocenters. The van der Waals surface area contributed by atoms with E-state index in [1.165, 1.54) is 24.3 Å². The SMILES string of the molecule is C[N+](C)(C)CC(=O)Nc1ccc([N+](=O)[O-])cc1.[Cl-]. The maximum Gasteiger partial charge on any atom is 0.279 e. The van der Waals surface area contributed by atoms with E-state index in [9.17, 15) is 14.9 Å². The lowest BCUT2D eigenvalue weighted by Gasteiger charge is -2.22. The summed E-state index contributed by atoms with van der Waals surface area (Å²) in [4.78, 5) is 21.5. The molecule has 7 heteroatoms. The lowest BCUT2D eigenvalue weighted by Crippen LogP contribution is -3.00. The molecule has 1 aromatic rings. The fraction of sp³-hybridized carbons (Fsp3) is 0.364. The van der Waals surface area contributed by atoms with Gasteiger partial charge in [-0.25, -0.2) is 0 Å². The monoisotopic (exact) mass is 273 g/mol. The Hall–Kier alpha value is -1.66. The van der Waals surface area contributed by atoms with E-state index in [1.54, 1.807) is 0 Å². The van der Waals surface area contributed by atoms with E-state index in [0.29, 0.717) is 16.7 Å². The van der Waals surface area contributed by atoms with Crippen molar-refractivity contribution in [3.63, 3.8) is 0 Å². The first-order valence-corrected chi connectivity index (χ1v) is 5.13. The van der Waals surface area contributed by atoms with Crippen LogP contribution in [0.4, 0.5) is 11.4 Å². The number of nitrogens with zero attached hydrogens (tertiary/aromatic N) is 2. The number of halogens is 1. The van der Waals surface area contributed by atoms with Crippen LogP contribution in [0, 0.1) is 10.1 Å². The van der Waals surface area contributed by atoms with E-state index in [2.05, 4.69) is 5.32 Å². The van der Waals surface area contributed by atoms with E-state index in [1.807, 2.05) is 21.1 Å². The molecule has 18 heavy (non-hydrogen) atoms. The zero-order chi connectivity index (χ0) is 13.1. The van der Waals surface area contributed by atoms with Crippen LogP contribution in [0.3, 0.4) is 0 Å². The molecule has 1 aromatic carbocycles. The van der Waals surface area contributed by atoms with E-state index < -0.39 is 4.92 Å². The number of benzene rings is 1. The second-order valence-corrected chi connectivity index (χ2v) is 4.80. The summed E-state index contributed by atoms with van der Waals surface area (Å²) in [6.07, 6.45) is 0. The van der Waals surface area contributed by atoms with E-state index in [0.717, 1.165) is 0 Å². The van der Waals surface area contributed by atoms with Crippen LogP contribution in [0.5, 0.6) is 0 Å². The molecule has 0 aliphatic heterocycles. The summed E-state index contributed by atoms with van der Waals surface area (Å²) in [5.74, 6) is -0.119. The first-order valence-electron chi connectivity index (χ1n) is 5.13. The van der Waals surface area contributed by atoms with Crippen LogP contribution in [-0.4, -0.2) is 43.0 Å². The van der Waals surface area contributed by atoms with Gasteiger partial charge in [0, 0.05) is 17.8 Å². The van der Waals surface area contributed by atoms with Crippen LogP contribution >= 0.6 is 0 Å². The molecule has 1 amide bonds. The number of anilines is 1. The zero-order valence-corrected chi connectivity index (χ0v) is 11.3. The Morgan fingerprint density at radius 2 is 1.78 bits per heavy atom. The molecule has 0 fully saturated rings. The molecule has 100 valence electrons. The number of amides is 1. The van der Waals surface area contributed by atoms with Crippen molar-refractivity contribution in [2.75, 3.05) is 33.0 Å². The van der Waals surface area contributed by atoms with Crippen molar-refractivity contribution in [2.24, 2.45) is 0 Å². The molecule has 0 saturated heterocycles. The predicted molar refractivity (Wildman–Crippen MR) is 64.6 cm³/mol. The molecule has 0 aliphatic carbocycles. The van der Waals surface area contributed by atoms with Crippen LogP contribution in [0.2, 0.25) is 0 Å². The Morgan fingerprint density at radius 1 is 1.28 bits per heavy atom. The predicted octanol–water partition coefficient (Wildman–Crippen LogP) is -1.76. The lowest BCUT2D eigenvalue weighted by molar-refractivity contribution is -0.861. The lowest BCUT2D eigenvalue weighted by atomic mass is 10.3. The molecule has 0 aliphatic rings. The molecule has 0 radical (unpaired) electrons. The summed E-state index contributed by atoms with van der Waals surface area (Å²) in [6, 6.07) is 5.76. The third-order valence-corrected chi connectivity index (χ3v) is 1.98. The van der Waals surface area contributed by atoms with Gasteiger partial charge in [0.2, 0.25) is 0 Å². The average molecular weight is 274 g/mol. The van der Waals surface area contributed by atoms with Crippen LogP contribution < -0.4 is 17.7 Å². The molecule has 6 nitrogen and oxygen atoms in total. The van der Waals surface area contributed by atoms with Crippen molar-refractivity contribution in [1.29, 1.82) is 0 Å². The number of non-ortho nitro benzene ring substituents is 1. The number of nitrogens with one attached hydrogen (secondary N) is 1. The fourth-order valence-electron chi connectivity index (χ4n) is 1.30.